The van der Waals surface area contributed by atoms with E-state index in [0.717, 1.165) is 22.9 Å². The molecule has 1 atom stereocenters. The second-order valence-electron chi connectivity index (χ2n) is 4.33. The normalized spacial score (nSPS) is 19.9. The zero-order valence-electron chi connectivity index (χ0n) is 9.72. The summed E-state index contributed by atoms with van der Waals surface area (Å²) in [4.78, 5) is 27.7. The molecule has 2 heterocycles. The van der Waals surface area contributed by atoms with Crippen molar-refractivity contribution < 1.29 is 9.59 Å². The van der Waals surface area contributed by atoms with Crippen molar-refractivity contribution in [2.45, 2.75) is 6.04 Å². The van der Waals surface area contributed by atoms with E-state index in [1.54, 1.807) is 6.20 Å². The van der Waals surface area contributed by atoms with Crippen molar-refractivity contribution in [2.75, 3.05) is 13.1 Å². The lowest BCUT2D eigenvalue weighted by Crippen LogP contribution is -2.49. The topological polar surface area (TPSA) is 65.2 Å². The van der Waals surface area contributed by atoms with Gasteiger partial charge in [-0.15, -0.1) is 0 Å². The van der Waals surface area contributed by atoms with Crippen LogP contribution < -0.4 is 5.32 Å². The molecule has 1 unspecified atom stereocenters. The van der Waals surface area contributed by atoms with Gasteiger partial charge in [-0.2, -0.15) is 0 Å². The molecule has 1 fully saturated rings. The van der Waals surface area contributed by atoms with Crippen LogP contribution in [0.15, 0.2) is 30.5 Å². The molecule has 2 N–H and O–H groups in total. The lowest BCUT2D eigenvalue weighted by Gasteiger charge is -2.31. The minimum absolute atomic E-state index is 0.127. The Labute approximate surface area is 104 Å². The van der Waals surface area contributed by atoms with Gasteiger partial charge in [0.05, 0.1) is 0 Å². The van der Waals surface area contributed by atoms with Gasteiger partial charge in [-0.1, -0.05) is 18.2 Å². The number of H-pyrrole nitrogens is 1. The number of nitrogens with zero attached hydrogens (tertiary/aromatic N) is 1. The van der Waals surface area contributed by atoms with E-state index in [2.05, 4.69) is 10.3 Å². The van der Waals surface area contributed by atoms with Gasteiger partial charge in [-0.25, -0.2) is 0 Å². The minimum Gasteiger partial charge on any atom is -0.361 e. The summed E-state index contributed by atoms with van der Waals surface area (Å²) in [7, 11) is 0. The summed E-state index contributed by atoms with van der Waals surface area (Å²) in [5.41, 5.74) is 1.81. The third kappa shape index (κ3) is 1.55. The Morgan fingerprint density at radius 3 is 3.00 bits per heavy atom. The van der Waals surface area contributed by atoms with Crippen LogP contribution in [0.25, 0.3) is 10.9 Å². The van der Waals surface area contributed by atoms with Gasteiger partial charge in [-0.3, -0.25) is 9.59 Å². The molecule has 5 nitrogen and oxygen atoms in total. The average Bonchev–Trinajstić information content (AvgIpc) is 2.82. The molecule has 1 aromatic carbocycles. The van der Waals surface area contributed by atoms with Crippen LogP contribution in [-0.2, 0) is 9.59 Å². The van der Waals surface area contributed by atoms with Crippen molar-refractivity contribution in [3.05, 3.63) is 36.0 Å². The number of carbonyl (C=O) groups is 2. The molecule has 0 spiro atoms. The summed E-state index contributed by atoms with van der Waals surface area (Å²) in [6.07, 6.45) is 2.54. The zero-order chi connectivity index (χ0) is 12.5. The third-order valence-corrected chi connectivity index (χ3v) is 3.30. The van der Waals surface area contributed by atoms with E-state index in [4.69, 9.17) is 0 Å². The van der Waals surface area contributed by atoms with Crippen LogP contribution >= 0.6 is 0 Å². The largest absolute Gasteiger partial charge is 0.361 e. The molecule has 3 rings (SSSR count). The second kappa shape index (κ2) is 4.18. The minimum atomic E-state index is -0.535. The Balaban J connectivity index is 2.11. The summed E-state index contributed by atoms with van der Waals surface area (Å²) in [6, 6.07) is 7.22. The number of fused-ring (bicyclic) bond motifs is 1. The Morgan fingerprint density at radius 2 is 2.17 bits per heavy atom. The number of rotatable bonds is 2. The molecule has 2 amide bonds. The maximum absolute atomic E-state index is 12.0. The van der Waals surface area contributed by atoms with Gasteiger partial charge < -0.3 is 15.2 Å². The average molecular weight is 243 g/mol. The second-order valence-corrected chi connectivity index (χ2v) is 4.33. The Kier molecular flexibility index (Phi) is 2.51. The predicted molar refractivity (Wildman–Crippen MR) is 66.8 cm³/mol. The van der Waals surface area contributed by atoms with Crippen molar-refractivity contribution in [1.82, 2.24) is 15.2 Å². The number of aromatic amines is 1. The van der Waals surface area contributed by atoms with E-state index in [9.17, 15) is 9.59 Å². The van der Waals surface area contributed by atoms with Gasteiger partial charge in [0.1, 0.15) is 6.04 Å². The molecule has 1 aromatic heterocycles. The smallest absolute Gasteiger partial charge is 0.247 e. The molecule has 1 aliphatic rings. The standard InChI is InChI=1S/C13H13N3O2/c17-8-16-6-5-14-13(18)12(16)10-7-15-11-4-2-1-3-9(10)11/h1-4,7-8,12,15H,5-6H2,(H,14,18). The van der Waals surface area contributed by atoms with Crippen molar-refractivity contribution in [3.8, 4) is 0 Å². The van der Waals surface area contributed by atoms with Crippen molar-refractivity contribution in [1.29, 1.82) is 0 Å². The van der Waals surface area contributed by atoms with Gasteiger partial charge in [0.2, 0.25) is 12.3 Å². The summed E-state index contributed by atoms with van der Waals surface area (Å²) >= 11 is 0. The Bertz CT molecular complexity index is 605. The van der Waals surface area contributed by atoms with Gasteiger partial charge in [-0.05, 0) is 6.07 Å². The SMILES string of the molecule is O=CN1CCNC(=O)C1c1c[nH]c2ccccc12. The molecule has 1 saturated heterocycles. The molecular weight excluding hydrogens is 230 g/mol. The number of benzene rings is 1. The van der Waals surface area contributed by atoms with Crippen LogP contribution in [0.3, 0.4) is 0 Å². The van der Waals surface area contributed by atoms with E-state index in [0.29, 0.717) is 13.1 Å². The first-order chi connectivity index (χ1) is 8.81. The van der Waals surface area contributed by atoms with Gasteiger partial charge in [0, 0.05) is 35.8 Å². The van der Waals surface area contributed by atoms with Gasteiger partial charge in [0.25, 0.3) is 0 Å². The summed E-state index contributed by atoms with van der Waals surface area (Å²) in [5.74, 6) is -0.127. The van der Waals surface area contributed by atoms with E-state index in [-0.39, 0.29) is 5.91 Å². The van der Waals surface area contributed by atoms with Gasteiger partial charge >= 0.3 is 0 Å². The van der Waals surface area contributed by atoms with Gasteiger partial charge in [0.15, 0.2) is 0 Å². The first-order valence-corrected chi connectivity index (χ1v) is 5.86. The highest BCUT2D eigenvalue weighted by Gasteiger charge is 2.31. The molecule has 18 heavy (non-hydrogen) atoms. The van der Waals surface area contributed by atoms with Crippen LogP contribution in [0.5, 0.6) is 0 Å². The molecule has 0 saturated carbocycles. The highest BCUT2D eigenvalue weighted by Crippen LogP contribution is 2.28. The van der Waals surface area contributed by atoms with Crippen LogP contribution in [0.1, 0.15) is 11.6 Å². The zero-order valence-corrected chi connectivity index (χ0v) is 9.72. The van der Waals surface area contributed by atoms with Crippen LogP contribution in [-0.4, -0.2) is 35.3 Å². The number of aromatic nitrogens is 1. The lowest BCUT2D eigenvalue weighted by molar-refractivity contribution is -0.136. The maximum atomic E-state index is 12.0. The molecule has 0 bridgehead atoms. The van der Waals surface area contributed by atoms with E-state index < -0.39 is 6.04 Å². The molecule has 5 heteroatoms. The first-order valence-electron chi connectivity index (χ1n) is 5.86. The fourth-order valence-electron chi connectivity index (χ4n) is 2.44. The van der Waals surface area contributed by atoms with Crippen LogP contribution in [0.2, 0.25) is 0 Å². The molecule has 0 radical (unpaired) electrons. The highest BCUT2D eigenvalue weighted by molar-refractivity contribution is 5.93. The highest BCUT2D eigenvalue weighted by atomic mass is 16.2. The number of piperazine rings is 1. The predicted octanol–water partition coefficient (Wildman–Crippen LogP) is 0.797. The number of para-hydroxylation sites is 1. The number of carbonyl (C=O) groups excluding carboxylic acids is 2. The number of amides is 2. The Morgan fingerprint density at radius 1 is 1.33 bits per heavy atom. The molecule has 0 aliphatic carbocycles. The molecule has 2 aromatic rings. The summed E-state index contributed by atoms with van der Waals surface area (Å²) < 4.78 is 0. The first kappa shape index (κ1) is 10.8. The monoisotopic (exact) mass is 243 g/mol. The molecule has 92 valence electrons. The number of hydrogen-bond acceptors (Lipinski definition) is 2. The van der Waals surface area contributed by atoms with Crippen LogP contribution in [0.4, 0.5) is 0 Å². The van der Waals surface area contributed by atoms with E-state index >= 15 is 0 Å². The van der Waals surface area contributed by atoms with Crippen molar-refractivity contribution >= 4 is 23.2 Å². The molecular formula is C13H13N3O2. The number of nitrogens with one attached hydrogen (secondary N) is 2. The lowest BCUT2D eigenvalue weighted by atomic mass is 10.0. The van der Waals surface area contributed by atoms with Crippen molar-refractivity contribution in [3.63, 3.8) is 0 Å². The van der Waals surface area contributed by atoms with Crippen LogP contribution in [0, 0.1) is 0 Å². The summed E-state index contributed by atoms with van der Waals surface area (Å²) in [5, 5.41) is 3.77. The van der Waals surface area contributed by atoms with Crippen molar-refractivity contribution in [2.24, 2.45) is 0 Å². The van der Waals surface area contributed by atoms with E-state index in [1.807, 2.05) is 24.3 Å². The quantitative estimate of drug-likeness (QED) is 0.766. The fourth-order valence-corrected chi connectivity index (χ4v) is 2.44. The third-order valence-electron chi connectivity index (χ3n) is 3.30. The maximum Gasteiger partial charge on any atom is 0.247 e. The fraction of sp³-hybridized carbons (Fsp3) is 0.231. The number of hydrogen-bond donors (Lipinski definition) is 2. The van der Waals surface area contributed by atoms with E-state index in [1.165, 1.54) is 4.90 Å². The molecule has 1 aliphatic heterocycles. The summed E-state index contributed by atoms with van der Waals surface area (Å²) in [6.45, 7) is 1.05. The Hall–Kier alpha value is -2.30.